The molecule has 6 heteroatoms. The number of carbonyl (C=O) groups is 1. The highest BCUT2D eigenvalue weighted by Gasteiger charge is 2.30. The Hall–Kier alpha value is -2.34. The summed E-state index contributed by atoms with van der Waals surface area (Å²) in [5, 5.41) is 3.22. The molecule has 1 amide bonds. The normalized spacial score (nSPS) is 21.0. The predicted molar refractivity (Wildman–Crippen MR) is 94.2 cm³/mol. The lowest BCUT2D eigenvalue weighted by atomic mass is 10.00. The molecule has 0 bridgehead atoms. The van der Waals surface area contributed by atoms with Gasteiger partial charge in [-0.05, 0) is 13.0 Å². The first-order chi connectivity index (χ1) is 12.1. The third-order valence-corrected chi connectivity index (χ3v) is 5.34. The Morgan fingerprint density at radius 3 is 3.12 bits per heavy atom. The smallest absolute Gasteiger partial charge is 0.237 e. The molecule has 3 heterocycles. The van der Waals surface area contributed by atoms with Crippen LogP contribution in [-0.2, 0) is 24.8 Å². The van der Waals surface area contributed by atoms with Crippen molar-refractivity contribution in [1.82, 2.24) is 19.8 Å². The van der Waals surface area contributed by atoms with E-state index in [1.165, 1.54) is 5.69 Å². The lowest BCUT2D eigenvalue weighted by molar-refractivity contribution is -0.127. The number of nitrogens with zero attached hydrogens (tertiary/aromatic N) is 3. The molecule has 0 saturated carbocycles. The third kappa shape index (κ3) is 3.02. The van der Waals surface area contributed by atoms with Crippen LogP contribution in [0.4, 0.5) is 0 Å². The average molecular weight is 340 g/mol. The molecule has 2 aliphatic heterocycles. The van der Waals surface area contributed by atoms with Crippen LogP contribution in [0.25, 0.3) is 0 Å². The second-order valence-corrected chi connectivity index (χ2v) is 6.88. The summed E-state index contributed by atoms with van der Waals surface area (Å²) in [5.41, 5.74) is 3.44. The van der Waals surface area contributed by atoms with Crippen molar-refractivity contribution in [3.63, 3.8) is 0 Å². The molecule has 0 unspecified atom stereocenters. The average Bonchev–Trinajstić information content (AvgIpc) is 3.02. The standard InChI is InChI=1S/C19H24N4O2/c1-13(23-9-7-17-16(11-23)20-12-22(17)2)19(24)21-15-8-10-25-18-6-4-3-5-14(15)18/h3-6,12-13,15H,7-11H2,1-2H3,(H,21,24)/t13-,15+/m1/s1. The van der Waals surface area contributed by atoms with E-state index in [9.17, 15) is 4.79 Å². The molecule has 6 nitrogen and oxygen atoms in total. The number of rotatable bonds is 3. The monoisotopic (exact) mass is 340 g/mol. The van der Waals surface area contributed by atoms with Gasteiger partial charge in [0.25, 0.3) is 0 Å². The highest BCUT2D eigenvalue weighted by molar-refractivity contribution is 5.82. The van der Waals surface area contributed by atoms with Crippen molar-refractivity contribution >= 4 is 5.91 Å². The minimum absolute atomic E-state index is 0.0232. The first-order valence-electron chi connectivity index (χ1n) is 8.88. The van der Waals surface area contributed by atoms with Gasteiger partial charge in [0.1, 0.15) is 5.75 Å². The number of ether oxygens (including phenoxy) is 1. The van der Waals surface area contributed by atoms with E-state index in [4.69, 9.17) is 4.74 Å². The maximum absolute atomic E-state index is 12.8. The fourth-order valence-electron chi connectivity index (χ4n) is 3.76. The molecule has 1 aromatic heterocycles. The van der Waals surface area contributed by atoms with Crippen LogP contribution in [0, 0.1) is 0 Å². The summed E-state index contributed by atoms with van der Waals surface area (Å²) >= 11 is 0. The zero-order valence-corrected chi connectivity index (χ0v) is 14.7. The number of aromatic nitrogens is 2. The van der Waals surface area contributed by atoms with Crippen molar-refractivity contribution in [3.8, 4) is 5.75 Å². The fourth-order valence-corrected chi connectivity index (χ4v) is 3.76. The molecule has 132 valence electrons. The lowest BCUT2D eigenvalue weighted by Gasteiger charge is -2.33. The summed E-state index contributed by atoms with van der Waals surface area (Å²) < 4.78 is 7.76. The number of hydrogen-bond donors (Lipinski definition) is 1. The van der Waals surface area contributed by atoms with Crippen LogP contribution in [0.2, 0.25) is 0 Å². The van der Waals surface area contributed by atoms with Gasteiger partial charge in [-0.15, -0.1) is 0 Å². The maximum Gasteiger partial charge on any atom is 0.237 e. The van der Waals surface area contributed by atoms with Crippen molar-refractivity contribution in [2.45, 2.75) is 38.4 Å². The molecular formula is C19H24N4O2. The number of fused-ring (bicyclic) bond motifs is 2. The largest absolute Gasteiger partial charge is 0.493 e. The molecule has 2 aliphatic rings. The van der Waals surface area contributed by atoms with E-state index in [0.717, 1.165) is 42.9 Å². The van der Waals surface area contributed by atoms with Crippen molar-refractivity contribution in [1.29, 1.82) is 0 Å². The van der Waals surface area contributed by atoms with Crippen LogP contribution < -0.4 is 10.1 Å². The number of imidazole rings is 1. The Labute approximate surface area is 147 Å². The van der Waals surface area contributed by atoms with Crippen molar-refractivity contribution in [3.05, 3.63) is 47.5 Å². The van der Waals surface area contributed by atoms with Crippen LogP contribution in [-0.4, -0.2) is 39.6 Å². The minimum atomic E-state index is -0.176. The zero-order chi connectivity index (χ0) is 17.4. The Morgan fingerprint density at radius 2 is 2.24 bits per heavy atom. The summed E-state index contributed by atoms with van der Waals surface area (Å²) in [6.45, 7) is 4.23. The summed E-state index contributed by atoms with van der Waals surface area (Å²) in [6.07, 6.45) is 3.60. The van der Waals surface area contributed by atoms with Crippen LogP contribution >= 0.6 is 0 Å². The number of nitrogens with one attached hydrogen (secondary N) is 1. The molecule has 0 fully saturated rings. The highest BCUT2D eigenvalue weighted by Crippen LogP contribution is 2.31. The van der Waals surface area contributed by atoms with Crippen molar-refractivity contribution in [2.24, 2.45) is 7.05 Å². The number of amides is 1. The van der Waals surface area contributed by atoms with Gasteiger partial charge in [-0.25, -0.2) is 4.98 Å². The van der Waals surface area contributed by atoms with Crippen molar-refractivity contribution < 1.29 is 9.53 Å². The van der Waals surface area contributed by atoms with E-state index in [-0.39, 0.29) is 18.0 Å². The molecule has 0 radical (unpaired) electrons. The Kier molecular flexibility index (Phi) is 4.21. The summed E-state index contributed by atoms with van der Waals surface area (Å²) in [6, 6.07) is 7.79. The van der Waals surface area contributed by atoms with Gasteiger partial charge in [-0.3, -0.25) is 9.69 Å². The van der Waals surface area contributed by atoms with Gasteiger partial charge in [-0.1, -0.05) is 18.2 Å². The number of aryl methyl sites for hydroxylation is 1. The number of para-hydroxylation sites is 1. The van der Waals surface area contributed by atoms with Gasteiger partial charge in [0.15, 0.2) is 0 Å². The third-order valence-electron chi connectivity index (χ3n) is 5.34. The molecule has 0 aliphatic carbocycles. The Bertz CT molecular complexity index is 785. The Balaban J connectivity index is 1.44. The van der Waals surface area contributed by atoms with Crippen molar-refractivity contribution in [2.75, 3.05) is 13.2 Å². The fraction of sp³-hybridized carbons (Fsp3) is 0.474. The summed E-state index contributed by atoms with van der Waals surface area (Å²) in [7, 11) is 2.03. The number of hydrogen-bond acceptors (Lipinski definition) is 4. The molecule has 1 N–H and O–H groups in total. The first-order valence-corrected chi connectivity index (χ1v) is 8.88. The molecular weight excluding hydrogens is 316 g/mol. The molecule has 2 atom stereocenters. The minimum Gasteiger partial charge on any atom is -0.493 e. The maximum atomic E-state index is 12.8. The highest BCUT2D eigenvalue weighted by atomic mass is 16.5. The number of carbonyl (C=O) groups excluding carboxylic acids is 1. The van der Waals surface area contributed by atoms with E-state index in [1.807, 2.05) is 44.6 Å². The van der Waals surface area contributed by atoms with E-state index >= 15 is 0 Å². The van der Waals surface area contributed by atoms with E-state index in [0.29, 0.717) is 6.61 Å². The SMILES string of the molecule is C[C@H](C(=O)N[C@H]1CCOc2ccccc21)N1CCc2c(ncn2C)C1. The zero-order valence-electron chi connectivity index (χ0n) is 14.7. The molecule has 0 saturated heterocycles. The molecule has 25 heavy (non-hydrogen) atoms. The predicted octanol–water partition coefficient (Wildman–Crippen LogP) is 1.81. The molecule has 4 rings (SSSR count). The van der Waals surface area contributed by atoms with E-state index in [2.05, 4.69) is 19.8 Å². The van der Waals surface area contributed by atoms with Gasteiger partial charge in [0, 0.05) is 44.2 Å². The van der Waals surface area contributed by atoms with E-state index in [1.54, 1.807) is 0 Å². The second kappa shape index (κ2) is 6.52. The first kappa shape index (κ1) is 16.1. The van der Waals surface area contributed by atoms with Crippen LogP contribution in [0.15, 0.2) is 30.6 Å². The van der Waals surface area contributed by atoms with E-state index < -0.39 is 0 Å². The van der Waals surface area contributed by atoms with Crippen LogP contribution in [0.5, 0.6) is 5.75 Å². The molecule has 2 aromatic rings. The summed E-state index contributed by atoms with van der Waals surface area (Å²) in [4.78, 5) is 19.5. The second-order valence-electron chi connectivity index (χ2n) is 6.88. The topological polar surface area (TPSA) is 59.4 Å². The summed E-state index contributed by atoms with van der Waals surface area (Å²) in [5.74, 6) is 0.948. The Morgan fingerprint density at radius 1 is 1.40 bits per heavy atom. The van der Waals surface area contributed by atoms with Gasteiger partial charge >= 0.3 is 0 Å². The van der Waals surface area contributed by atoms with Gasteiger partial charge in [-0.2, -0.15) is 0 Å². The van der Waals surface area contributed by atoms with Gasteiger partial charge in [0.2, 0.25) is 5.91 Å². The molecule has 0 spiro atoms. The quantitative estimate of drug-likeness (QED) is 0.926. The molecule has 1 aromatic carbocycles. The van der Waals surface area contributed by atoms with Crippen LogP contribution in [0.3, 0.4) is 0 Å². The van der Waals surface area contributed by atoms with Gasteiger partial charge in [0.05, 0.1) is 30.7 Å². The number of benzene rings is 1. The van der Waals surface area contributed by atoms with Crippen LogP contribution in [0.1, 0.15) is 36.3 Å². The lowest BCUT2D eigenvalue weighted by Crippen LogP contribution is -2.48. The van der Waals surface area contributed by atoms with Gasteiger partial charge < -0.3 is 14.6 Å².